The van der Waals surface area contributed by atoms with Crippen molar-refractivity contribution in [3.05, 3.63) is 53.5 Å². The number of piperidine rings is 1. The van der Waals surface area contributed by atoms with E-state index in [4.69, 9.17) is 4.74 Å². The fourth-order valence-electron chi connectivity index (χ4n) is 3.73. The largest absolute Gasteiger partial charge is 0.471 e. The highest BCUT2D eigenvalue weighted by Gasteiger charge is 2.22. The van der Waals surface area contributed by atoms with Crippen LogP contribution >= 0.6 is 0 Å². The number of hydrogen-bond donors (Lipinski definition) is 0. The molecule has 0 radical (unpaired) electrons. The van der Waals surface area contributed by atoms with Crippen molar-refractivity contribution in [2.75, 3.05) is 13.1 Å². The molecular formula is C23H33N3O. The number of likely N-dealkylation sites (tertiary alicyclic amines) is 1. The summed E-state index contributed by atoms with van der Waals surface area (Å²) in [5.74, 6) is 1.50. The topological polar surface area (TPSA) is 38.2 Å². The van der Waals surface area contributed by atoms with Gasteiger partial charge in [-0.2, -0.15) is 0 Å². The molecule has 0 N–H and O–H groups in total. The quantitative estimate of drug-likeness (QED) is 0.734. The van der Waals surface area contributed by atoms with Crippen LogP contribution in [-0.4, -0.2) is 33.6 Å². The number of hydrogen-bond acceptors (Lipinski definition) is 4. The number of aromatic nitrogens is 2. The molecule has 1 aliphatic rings. The third kappa shape index (κ3) is 6.03. The second-order valence-corrected chi connectivity index (χ2v) is 8.71. The summed E-state index contributed by atoms with van der Waals surface area (Å²) in [7, 11) is 0. The lowest BCUT2D eigenvalue weighted by atomic mass is 9.89. The van der Waals surface area contributed by atoms with Crippen LogP contribution in [0.3, 0.4) is 0 Å². The molecule has 2 aromatic rings. The van der Waals surface area contributed by atoms with Crippen LogP contribution in [0.2, 0.25) is 0 Å². The van der Waals surface area contributed by atoms with Crippen LogP contribution in [0.25, 0.3) is 0 Å². The molecule has 0 unspecified atom stereocenters. The first-order valence-corrected chi connectivity index (χ1v) is 10.2. The van der Waals surface area contributed by atoms with Gasteiger partial charge in [-0.15, -0.1) is 0 Å². The molecule has 0 amide bonds. The lowest BCUT2D eigenvalue weighted by Crippen LogP contribution is -2.34. The van der Waals surface area contributed by atoms with Gasteiger partial charge in [-0.05, 0) is 83.5 Å². The number of aryl methyl sites for hydroxylation is 2. The van der Waals surface area contributed by atoms with Crippen molar-refractivity contribution in [3.8, 4) is 5.88 Å². The molecule has 0 spiro atoms. The van der Waals surface area contributed by atoms with Crippen LogP contribution in [-0.2, 0) is 13.0 Å². The number of nitrogens with zero attached hydrogens (tertiary/aromatic N) is 3. The molecule has 0 aliphatic carbocycles. The minimum Gasteiger partial charge on any atom is -0.471 e. The first-order chi connectivity index (χ1) is 12.9. The molecule has 1 aromatic carbocycles. The summed E-state index contributed by atoms with van der Waals surface area (Å²) in [4.78, 5) is 11.4. The highest BCUT2D eigenvalue weighted by molar-refractivity contribution is 5.25. The molecule has 4 heteroatoms. The average molecular weight is 368 g/mol. The molecule has 0 atom stereocenters. The van der Waals surface area contributed by atoms with Crippen molar-refractivity contribution in [1.82, 2.24) is 14.9 Å². The van der Waals surface area contributed by atoms with Crippen LogP contribution in [0.4, 0.5) is 0 Å². The van der Waals surface area contributed by atoms with E-state index in [0.717, 1.165) is 31.2 Å². The van der Waals surface area contributed by atoms with Crippen molar-refractivity contribution in [3.63, 3.8) is 0 Å². The molecular weight excluding hydrogens is 334 g/mol. The fourth-order valence-corrected chi connectivity index (χ4v) is 3.73. The van der Waals surface area contributed by atoms with E-state index in [-0.39, 0.29) is 5.60 Å². The second kappa shape index (κ2) is 8.83. The predicted molar refractivity (Wildman–Crippen MR) is 110 cm³/mol. The molecule has 1 aromatic heterocycles. The third-order valence-corrected chi connectivity index (χ3v) is 5.30. The molecule has 4 nitrogen and oxygen atoms in total. The van der Waals surface area contributed by atoms with Crippen molar-refractivity contribution in [1.29, 1.82) is 0 Å². The van der Waals surface area contributed by atoms with Gasteiger partial charge < -0.3 is 4.74 Å². The SMILES string of the molecule is Cc1ccccc1CCC1CCN(Cc2nccnc2OC(C)(C)C)CC1. The van der Waals surface area contributed by atoms with E-state index < -0.39 is 0 Å². The van der Waals surface area contributed by atoms with Gasteiger partial charge in [0.15, 0.2) is 0 Å². The van der Waals surface area contributed by atoms with Crippen molar-refractivity contribution < 1.29 is 4.74 Å². The Morgan fingerprint density at radius 1 is 1.07 bits per heavy atom. The van der Waals surface area contributed by atoms with Gasteiger partial charge in [0.2, 0.25) is 5.88 Å². The highest BCUT2D eigenvalue weighted by atomic mass is 16.5. The Morgan fingerprint density at radius 2 is 1.78 bits per heavy atom. The Balaban J connectivity index is 1.49. The lowest BCUT2D eigenvalue weighted by molar-refractivity contribution is 0.116. The van der Waals surface area contributed by atoms with Gasteiger partial charge in [-0.1, -0.05) is 24.3 Å². The summed E-state index contributed by atoms with van der Waals surface area (Å²) in [6.07, 6.45) is 8.50. The van der Waals surface area contributed by atoms with Crippen LogP contribution in [0.1, 0.15) is 56.9 Å². The van der Waals surface area contributed by atoms with Crippen LogP contribution in [0.5, 0.6) is 5.88 Å². The standard InChI is InChI=1S/C23H33N3O/c1-18-7-5-6-8-20(18)10-9-19-11-15-26(16-12-19)17-21-22(25-14-13-24-21)27-23(2,3)4/h5-8,13-14,19H,9-12,15-17H2,1-4H3. The molecule has 146 valence electrons. The average Bonchev–Trinajstić information content (AvgIpc) is 2.63. The van der Waals surface area contributed by atoms with Crippen molar-refractivity contribution in [2.45, 2.75) is 65.5 Å². The maximum atomic E-state index is 5.99. The monoisotopic (exact) mass is 367 g/mol. The van der Waals surface area contributed by atoms with Crippen LogP contribution in [0.15, 0.2) is 36.7 Å². The van der Waals surface area contributed by atoms with Gasteiger partial charge in [0.1, 0.15) is 11.3 Å². The zero-order valence-electron chi connectivity index (χ0n) is 17.2. The van der Waals surface area contributed by atoms with E-state index in [0.29, 0.717) is 5.88 Å². The Morgan fingerprint density at radius 3 is 2.48 bits per heavy atom. The van der Waals surface area contributed by atoms with Gasteiger partial charge in [0.05, 0.1) is 0 Å². The molecule has 2 heterocycles. The van der Waals surface area contributed by atoms with Gasteiger partial charge in [-0.3, -0.25) is 9.88 Å². The zero-order valence-corrected chi connectivity index (χ0v) is 17.2. The summed E-state index contributed by atoms with van der Waals surface area (Å²) in [5, 5.41) is 0. The summed E-state index contributed by atoms with van der Waals surface area (Å²) < 4.78 is 5.99. The van der Waals surface area contributed by atoms with Crippen molar-refractivity contribution >= 4 is 0 Å². The molecule has 27 heavy (non-hydrogen) atoms. The Bertz CT molecular complexity index is 730. The summed E-state index contributed by atoms with van der Waals surface area (Å²) in [6.45, 7) is 11.4. The number of ether oxygens (including phenoxy) is 1. The van der Waals surface area contributed by atoms with Gasteiger partial charge in [-0.25, -0.2) is 4.98 Å². The van der Waals surface area contributed by atoms with Crippen LogP contribution in [0, 0.1) is 12.8 Å². The minimum absolute atomic E-state index is 0.257. The molecule has 1 saturated heterocycles. The minimum atomic E-state index is -0.257. The normalized spacial score (nSPS) is 16.4. The van der Waals surface area contributed by atoms with E-state index in [1.165, 1.54) is 36.8 Å². The summed E-state index contributed by atoms with van der Waals surface area (Å²) >= 11 is 0. The second-order valence-electron chi connectivity index (χ2n) is 8.71. The molecule has 0 bridgehead atoms. The van der Waals surface area contributed by atoms with Gasteiger partial charge in [0, 0.05) is 18.9 Å². The van der Waals surface area contributed by atoms with Gasteiger partial charge in [0.25, 0.3) is 0 Å². The zero-order chi connectivity index (χ0) is 19.3. The lowest BCUT2D eigenvalue weighted by Gasteiger charge is -2.32. The number of benzene rings is 1. The Kier molecular flexibility index (Phi) is 6.48. The highest BCUT2D eigenvalue weighted by Crippen LogP contribution is 2.26. The van der Waals surface area contributed by atoms with Gasteiger partial charge >= 0.3 is 0 Å². The van der Waals surface area contributed by atoms with E-state index in [9.17, 15) is 0 Å². The molecule has 1 aliphatic heterocycles. The molecule has 3 rings (SSSR count). The molecule has 1 fully saturated rings. The predicted octanol–water partition coefficient (Wildman–Crippen LogP) is 4.81. The summed E-state index contributed by atoms with van der Waals surface area (Å²) in [5.41, 5.74) is 3.62. The van der Waals surface area contributed by atoms with Crippen LogP contribution < -0.4 is 4.74 Å². The third-order valence-electron chi connectivity index (χ3n) is 5.30. The summed E-state index contributed by atoms with van der Waals surface area (Å²) in [6, 6.07) is 8.77. The Hall–Kier alpha value is -1.94. The van der Waals surface area contributed by atoms with E-state index in [1.54, 1.807) is 12.4 Å². The Labute approximate surface area is 164 Å². The molecule has 0 saturated carbocycles. The van der Waals surface area contributed by atoms with E-state index in [1.807, 2.05) is 20.8 Å². The first kappa shape index (κ1) is 19.8. The smallest absolute Gasteiger partial charge is 0.237 e. The fraction of sp³-hybridized carbons (Fsp3) is 0.565. The first-order valence-electron chi connectivity index (χ1n) is 10.2. The van der Waals surface area contributed by atoms with E-state index >= 15 is 0 Å². The number of rotatable bonds is 6. The van der Waals surface area contributed by atoms with E-state index in [2.05, 4.69) is 46.1 Å². The maximum absolute atomic E-state index is 5.99. The maximum Gasteiger partial charge on any atom is 0.237 e. The van der Waals surface area contributed by atoms with Crippen molar-refractivity contribution in [2.24, 2.45) is 5.92 Å².